The van der Waals surface area contributed by atoms with Crippen molar-refractivity contribution < 1.29 is 17.9 Å². The topological polar surface area (TPSA) is 72.5 Å². The van der Waals surface area contributed by atoms with Crippen LogP contribution in [0.3, 0.4) is 0 Å². The van der Waals surface area contributed by atoms with Gasteiger partial charge in [0, 0.05) is 13.0 Å². The van der Waals surface area contributed by atoms with Crippen molar-refractivity contribution in [3.8, 4) is 5.75 Å². The molecule has 1 atom stereocenters. The van der Waals surface area contributed by atoms with Gasteiger partial charge in [0.2, 0.25) is 10.0 Å². The van der Waals surface area contributed by atoms with Crippen LogP contribution in [-0.4, -0.2) is 20.9 Å². The molecule has 0 amide bonds. The first-order valence-corrected chi connectivity index (χ1v) is 10.3. The molecule has 5 nitrogen and oxygen atoms in total. The molecule has 138 valence electrons. The fraction of sp³-hybridized carbons (Fsp3) is 0.350. The van der Waals surface area contributed by atoms with E-state index < -0.39 is 10.0 Å². The van der Waals surface area contributed by atoms with Gasteiger partial charge in [-0.05, 0) is 60.6 Å². The number of nitrogens with one attached hydrogen (secondary N) is 1. The fourth-order valence-corrected chi connectivity index (χ4v) is 4.33. The van der Waals surface area contributed by atoms with Gasteiger partial charge in [0.05, 0.1) is 4.90 Å². The summed E-state index contributed by atoms with van der Waals surface area (Å²) in [5, 5.41) is 0. The lowest BCUT2D eigenvalue weighted by Gasteiger charge is -2.11. The Morgan fingerprint density at radius 2 is 1.85 bits per heavy atom. The molecule has 6 heteroatoms. The molecule has 0 bridgehead atoms. The van der Waals surface area contributed by atoms with Crippen LogP contribution >= 0.6 is 0 Å². The number of carbonyl (C=O) groups excluding carboxylic acids is 1. The highest BCUT2D eigenvalue weighted by Crippen LogP contribution is 2.30. The molecule has 1 unspecified atom stereocenters. The summed E-state index contributed by atoms with van der Waals surface area (Å²) in [4.78, 5) is 11.9. The number of hydrogen-bond acceptors (Lipinski definition) is 4. The van der Waals surface area contributed by atoms with E-state index in [1.54, 1.807) is 30.3 Å². The van der Waals surface area contributed by atoms with E-state index in [9.17, 15) is 13.2 Å². The van der Waals surface area contributed by atoms with E-state index in [2.05, 4.69) is 4.72 Å². The second-order valence-corrected chi connectivity index (χ2v) is 8.36. The molecule has 0 heterocycles. The second kappa shape index (κ2) is 8.01. The van der Waals surface area contributed by atoms with Gasteiger partial charge in [0.25, 0.3) is 0 Å². The first-order valence-electron chi connectivity index (χ1n) is 8.85. The quantitative estimate of drug-likeness (QED) is 0.598. The third-order valence-electron chi connectivity index (χ3n) is 4.50. The van der Waals surface area contributed by atoms with E-state index >= 15 is 0 Å². The van der Waals surface area contributed by atoms with Gasteiger partial charge in [-0.3, -0.25) is 4.79 Å². The lowest BCUT2D eigenvalue weighted by Crippen LogP contribution is -2.29. The molecule has 1 aliphatic rings. The molecule has 0 spiro atoms. The van der Waals surface area contributed by atoms with E-state index in [1.807, 2.05) is 25.1 Å². The van der Waals surface area contributed by atoms with Gasteiger partial charge < -0.3 is 4.74 Å². The zero-order chi connectivity index (χ0) is 18.6. The summed E-state index contributed by atoms with van der Waals surface area (Å²) in [6.45, 7) is 2.32. The molecular formula is C20H23NO4S. The number of hydrogen-bond donors (Lipinski definition) is 1. The van der Waals surface area contributed by atoms with Crippen LogP contribution in [0.2, 0.25) is 0 Å². The Morgan fingerprint density at radius 1 is 1.12 bits per heavy atom. The summed E-state index contributed by atoms with van der Waals surface area (Å²) in [5.74, 6) is 0.537. The number of esters is 1. The largest absolute Gasteiger partial charge is 0.427 e. The predicted molar refractivity (Wildman–Crippen MR) is 99.5 cm³/mol. The van der Waals surface area contributed by atoms with Crippen LogP contribution in [-0.2, 0) is 27.7 Å². The number of ether oxygens (including phenoxy) is 1. The second-order valence-electron chi connectivity index (χ2n) is 6.59. The Labute approximate surface area is 154 Å². The van der Waals surface area contributed by atoms with Crippen LogP contribution in [0.4, 0.5) is 0 Å². The number of sulfonamides is 1. The Morgan fingerprint density at radius 3 is 2.58 bits per heavy atom. The molecule has 2 aromatic carbocycles. The van der Waals surface area contributed by atoms with Crippen LogP contribution in [0.25, 0.3) is 0 Å². The molecule has 0 radical (unpaired) electrons. The van der Waals surface area contributed by atoms with Gasteiger partial charge in [0.1, 0.15) is 5.75 Å². The summed E-state index contributed by atoms with van der Waals surface area (Å²) in [7, 11) is -3.48. The molecule has 26 heavy (non-hydrogen) atoms. The average Bonchev–Trinajstić information content (AvgIpc) is 3.03. The number of rotatable bonds is 7. The molecule has 0 aromatic heterocycles. The maximum Gasteiger partial charge on any atom is 0.311 e. The third kappa shape index (κ3) is 4.51. The van der Waals surface area contributed by atoms with E-state index in [4.69, 9.17) is 4.74 Å². The monoisotopic (exact) mass is 373 g/mol. The normalized spacial score (nSPS) is 16.3. The first-order chi connectivity index (χ1) is 12.5. The Hall–Kier alpha value is -2.18. The minimum Gasteiger partial charge on any atom is -0.427 e. The molecule has 0 saturated heterocycles. The molecule has 0 aliphatic heterocycles. The molecule has 1 N–H and O–H groups in total. The van der Waals surface area contributed by atoms with Crippen molar-refractivity contribution in [3.05, 3.63) is 59.7 Å². The Bertz CT molecular complexity index is 878. The molecule has 1 aliphatic carbocycles. The lowest BCUT2D eigenvalue weighted by molar-refractivity contribution is -0.134. The zero-order valence-electron chi connectivity index (χ0n) is 14.8. The minimum absolute atomic E-state index is 0.199. The van der Waals surface area contributed by atoms with E-state index in [0.29, 0.717) is 18.7 Å². The standard InChI is InChI=1S/C20H23NO4S/c1-2-6-20(22)25-18-10-9-16-11-15(12-17(16)13-18)14-21-26(23,24)19-7-4-3-5-8-19/h3-5,7-10,13,15,21H,2,6,11-12,14H2,1H3. The summed E-state index contributed by atoms with van der Waals surface area (Å²) < 4.78 is 32.7. The summed E-state index contributed by atoms with van der Waals surface area (Å²) >= 11 is 0. The van der Waals surface area contributed by atoms with Crippen molar-refractivity contribution in [1.29, 1.82) is 0 Å². The van der Waals surface area contributed by atoms with Crippen molar-refractivity contribution in [3.63, 3.8) is 0 Å². The van der Waals surface area contributed by atoms with Crippen LogP contribution in [0.5, 0.6) is 5.75 Å². The van der Waals surface area contributed by atoms with Crippen molar-refractivity contribution in [1.82, 2.24) is 4.72 Å². The van der Waals surface area contributed by atoms with Crippen molar-refractivity contribution in [2.24, 2.45) is 5.92 Å². The van der Waals surface area contributed by atoms with Crippen molar-refractivity contribution in [2.45, 2.75) is 37.5 Å². The van der Waals surface area contributed by atoms with Crippen LogP contribution in [0.1, 0.15) is 30.9 Å². The number of fused-ring (bicyclic) bond motifs is 1. The van der Waals surface area contributed by atoms with E-state index in [1.165, 1.54) is 5.56 Å². The van der Waals surface area contributed by atoms with Gasteiger partial charge in [-0.15, -0.1) is 0 Å². The van der Waals surface area contributed by atoms with E-state index in [0.717, 1.165) is 24.8 Å². The van der Waals surface area contributed by atoms with E-state index in [-0.39, 0.29) is 16.8 Å². The van der Waals surface area contributed by atoms with Crippen LogP contribution in [0.15, 0.2) is 53.4 Å². The Kier molecular flexibility index (Phi) is 5.74. The smallest absolute Gasteiger partial charge is 0.311 e. The molecular weight excluding hydrogens is 350 g/mol. The highest BCUT2D eigenvalue weighted by Gasteiger charge is 2.24. The highest BCUT2D eigenvalue weighted by atomic mass is 32.2. The van der Waals surface area contributed by atoms with Gasteiger partial charge >= 0.3 is 5.97 Å². The maximum atomic E-state index is 12.3. The molecule has 3 rings (SSSR count). The predicted octanol–water partition coefficient (Wildman–Crippen LogP) is 3.09. The van der Waals surface area contributed by atoms with Gasteiger partial charge in [0.15, 0.2) is 0 Å². The van der Waals surface area contributed by atoms with Crippen LogP contribution < -0.4 is 9.46 Å². The first kappa shape index (κ1) is 18.6. The van der Waals surface area contributed by atoms with Crippen LogP contribution in [0, 0.1) is 5.92 Å². The van der Waals surface area contributed by atoms with Gasteiger partial charge in [-0.25, -0.2) is 13.1 Å². The maximum absolute atomic E-state index is 12.3. The minimum atomic E-state index is -3.48. The van der Waals surface area contributed by atoms with Gasteiger partial charge in [-0.2, -0.15) is 0 Å². The number of benzene rings is 2. The Balaban J connectivity index is 1.60. The highest BCUT2D eigenvalue weighted by molar-refractivity contribution is 7.89. The number of carbonyl (C=O) groups is 1. The van der Waals surface area contributed by atoms with Crippen molar-refractivity contribution in [2.75, 3.05) is 6.54 Å². The molecule has 0 fully saturated rings. The summed E-state index contributed by atoms with van der Waals surface area (Å²) in [6, 6.07) is 14.1. The average molecular weight is 373 g/mol. The molecule has 0 saturated carbocycles. The lowest BCUT2D eigenvalue weighted by atomic mass is 10.1. The SMILES string of the molecule is CCCC(=O)Oc1ccc2c(c1)CC(CNS(=O)(=O)c1ccccc1)C2. The zero-order valence-corrected chi connectivity index (χ0v) is 15.6. The molecule has 2 aromatic rings. The van der Waals surface area contributed by atoms with Crippen molar-refractivity contribution >= 4 is 16.0 Å². The van der Waals surface area contributed by atoms with Gasteiger partial charge in [-0.1, -0.05) is 31.2 Å². The summed E-state index contributed by atoms with van der Waals surface area (Å²) in [5.41, 5.74) is 2.31. The summed E-state index contributed by atoms with van der Waals surface area (Å²) in [6.07, 6.45) is 2.75. The fourth-order valence-electron chi connectivity index (χ4n) is 3.19. The third-order valence-corrected chi connectivity index (χ3v) is 5.94.